The molecule has 1 N–H and O–H groups in total. The Hall–Kier alpha value is -2.97. The summed E-state index contributed by atoms with van der Waals surface area (Å²) in [5.41, 5.74) is 1.44. The van der Waals surface area contributed by atoms with Crippen molar-refractivity contribution >= 4 is 39.8 Å². The van der Waals surface area contributed by atoms with Gasteiger partial charge in [-0.05, 0) is 24.3 Å². The molecule has 0 atom stereocenters. The first kappa shape index (κ1) is 17.4. The summed E-state index contributed by atoms with van der Waals surface area (Å²) in [5.74, 6) is -0.637. The van der Waals surface area contributed by atoms with Gasteiger partial charge < -0.3 is 4.74 Å². The number of fused-ring (bicyclic) bond motifs is 1. The van der Waals surface area contributed by atoms with Crippen molar-refractivity contribution in [1.82, 2.24) is 14.6 Å². The van der Waals surface area contributed by atoms with Crippen LogP contribution in [-0.2, 0) is 0 Å². The predicted molar refractivity (Wildman–Crippen MR) is 102 cm³/mol. The number of hydrogen-bond acceptors (Lipinski definition) is 5. The molecule has 4 aromatic rings. The minimum Gasteiger partial charge on any atom is -0.497 e. The van der Waals surface area contributed by atoms with E-state index in [0.29, 0.717) is 4.96 Å². The Morgan fingerprint density at radius 3 is 2.89 bits per heavy atom. The van der Waals surface area contributed by atoms with Crippen LogP contribution in [0.4, 0.5) is 10.3 Å². The first-order valence-corrected chi connectivity index (χ1v) is 9.06. The molecule has 136 valence electrons. The highest BCUT2D eigenvalue weighted by atomic mass is 35.5. The molecule has 0 aliphatic heterocycles. The average Bonchev–Trinajstić information content (AvgIpc) is 3.21. The third-order valence-electron chi connectivity index (χ3n) is 3.86. The fraction of sp³-hybridized carbons (Fsp3) is 0.0556. The van der Waals surface area contributed by atoms with Crippen LogP contribution in [0.15, 0.2) is 47.8 Å². The zero-order valence-corrected chi connectivity index (χ0v) is 15.5. The quantitative estimate of drug-likeness (QED) is 0.545. The van der Waals surface area contributed by atoms with Crippen molar-refractivity contribution in [2.45, 2.75) is 0 Å². The van der Waals surface area contributed by atoms with Crippen molar-refractivity contribution in [3.05, 3.63) is 64.2 Å². The van der Waals surface area contributed by atoms with Gasteiger partial charge in [0.25, 0.3) is 11.9 Å². The number of amides is 1. The number of halogens is 2. The molecule has 2 aromatic carbocycles. The van der Waals surface area contributed by atoms with Crippen LogP contribution in [0.25, 0.3) is 16.2 Å². The monoisotopic (exact) mass is 402 g/mol. The van der Waals surface area contributed by atoms with Gasteiger partial charge >= 0.3 is 0 Å². The Morgan fingerprint density at radius 2 is 2.11 bits per heavy atom. The van der Waals surface area contributed by atoms with Crippen molar-refractivity contribution in [1.29, 1.82) is 0 Å². The van der Waals surface area contributed by atoms with Gasteiger partial charge in [0.05, 0.1) is 23.4 Å². The number of methoxy groups -OCH3 is 1. The fourth-order valence-electron chi connectivity index (χ4n) is 2.59. The number of carbonyl (C=O) groups excluding carboxylic acids is 1. The highest BCUT2D eigenvalue weighted by Crippen LogP contribution is 2.28. The van der Waals surface area contributed by atoms with Crippen LogP contribution < -0.4 is 10.1 Å². The van der Waals surface area contributed by atoms with Crippen molar-refractivity contribution < 1.29 is 13.9 Å². The minimum absolute atomic E-state index is 0.0191. The van der Waals surface area contributed by atoms with E-state index >= 15 is 0 Å². The van der Waals surface area contributed by atoms with E-state index in [2.05, 4.69) is 15.4 Å². The molecule has 27 heavy (non-hydrogen) atoms. The summed E-state index contributed by atoms with van der Waals surface area (Å²) in [5, 5.41) is 8.72. The molecule has 9 heteroatoms. The summed E-state index contributed by atoms with van der Waals surface area (Å²) >= 11 is 7.29. The molecule has 0 aliphatic rings. The van der Waals surface area contributed by atoms with Gasteiger partial charge in [0.15, 0.2) is 0 Å². The van der Waals surface area contributed by atoms with E-state index < -0.39 is 11.7 Å². The lowest BCUT2D eigenvalue weighted by molar-refractivity contribution is 0.102. The number of hydrogen-bond donors (Lipinski definition) is 1. The topological polar surface area (TPSA) is 68.5 Å². The largest absolute Gasteiger partial charge is 0.497 e. The number of aromatic nitrogens is 3. The number of ether oxygens (including phenoxy) is 1. The molecule has 4 rings (SSSR count). The van der Waals surface area contributed by atoms with Gasteiger partial charge in [-0.15, -0.1) is 16.4 Å². The van der Waals surface area contributed by atoms with E-state index in [-0.39, 0.29) is 16.5 Å². The van der Waals surface area contributed by atoms with Crippen LogP contribution >= 0.6 is 22.9 Å². The molecule has 0 bridgehead atoms. The van der Waals surface area contributed by atoms with Gasteiger partial charge in [-0.2, -0.15) is 4.98 Å². The maximum Gasteiger partial charge on any atom is 0.262 e. The van der Waals surface area contributed by atoms with E-state index in [1.165, 1.54) is 29.5 Å². The summed E-state index contributed by atoms with van der Waals surface area (Å²) in [6.45, 7) is 0. The van der Waals surface area contributed by atoms with Crippen molar-refractivity contribution in [2.75, 3.05) is 12.4 Å². The van der Waals surface area contributed by atoms with Crippen LogP contribution in [-0.4, -0.2) is 27.6 Å². The molecule has 0 aliphatic carbocycles. The summed E-state index contributed by atoms with van der Waals surface area (Å²) in [7, 11) is 1.60. The number of carbonyl (C=O) groups is 1. The van der Waals surface area contributed by atoms with Gasteiger partial charge in [0, 0.05) is 10.9 Å². The summed E-state index contributed by atoms with van der Waals surface area (Å²) in [4.78, 5) is 17.2. The highest BCUT2D eigenvalue weighted by molar-refractivity contribution is 7.15. The lowest BCUT2D eigenvalue weighted by Crippen LogP contribution is -2.15. The second-order valence-corrected chi connectivity index (χ2v) is 6.78. The molecule has 2 aromatic heterocycles. The van der Waals surface area contributed by atoms with E-state index in [1.807, 2.05) is 29.6 Å². The number of nitrogens with zero attached hydrogens (tertiary/aromatic N) is 3. The van der Waals surface area contributed by atoms with Crippen LogP contribution in [0.3, 0.4) is 0 Å². The number of nitrogens with one attached hydrogen (secondary N) is 1. The molecular weight excluding hydrogens is 391 g/mol. The SMILES string of the molecule is COc1cccc(-c2csc3nc(NC(=O)c4c(F)cccc4Cl)nn23)c1. The lowest BCUT2D eigenvalue weighted by atomic mass is 10.2. The smallest absolute Gasteiger partial charge is 0.262 e. The molecule has 0 radical (unpaired) electrons. The third-order valence-corrected chi connectivity index (χ3v) is 4.99. The Labute approximate surface area is 162 Å². The lowest BCUT2D eigenvalue weighted by Gasteiger charge is -2.04. The number of rotatable bonds is 4. The van der Waals surface area contributed by atoms with Crippen LogP contribution in [0.5, 0.6) is 5.75 Å². The van der Waals surface area contributed by atoms with Gasteiger partial charge in [0.2, 0.25) is 4.96 Å². The molecule has 0 unspecified atom stereocenters. The maximum atomic E-state index is 13.9. The predicted octanol–water partition coefficient (Wildman–Crippen LogP) is 4.51. The zero-order valence-electron chi connectivity index (χ0n) is 13.9. The van der Waals surface area contributed by atoms with Gasteiger partial charge in [-0.25, -0.2) is 8.91 Å². The fourth-order valence-corrected chi connectivity index (χ4v) is 3.67. The first-order chi connectivity index (χ1) is 13.1. The Morgan fingerprint density at radius 1 is 1.30 bits per heavy atom. The molecule has 1 amide bonds. The summed E-state index contributed by atoms with van der Waals surface area (Å²) < 4.78 is 20.8. The number of thiazole rings is 1. The molecule has 0 saturated carbocycles. The summed E-state index contributed by atoms with van der Waals surface area (Å²) in [6.07, 6.45) is 0. The second kappa shape index (κ2) is 6.98. The number of anilines is 1. The normalized spacial score (nSPS) is 10.9. The van der Waals surface area contributed by atoms with E-state index in [1.54, 1.807) is 11.6 Å². The second-order valence-electron chi connectivity index (χ2n) is 5.53. The first-order valence-electron chi connectivity index (χ1n) is 7.81. The van der Waals surface area contributed by atoms with Crippen molar-refractivity contribution in [3.63, 3.8) is 0 Å². The van der Waals surface area contributed by atoms with E-state index in [0.717, 1.165) is 17.0 Å². The van der Waals surface area contributed by atoms with E-state index in [9.17, 15) is 9.18 Å². The third kappa shape index (κ3) is 3.24. The standard InChI is InChI=1S/C18H12ClFN4O2S/c1-26-11-5-2-4-10(8-11)14-9-27-18-22-17(23-24(14)18)21-16(25)15-12(19)6-3-7-13(15)20/h2-9H,1H3,(H,21,23,25). The molecule has 6 nitrogen and oxygen atoms in total. The van der Waals surface area contributed by atoms with Gasteiger partial charge in [-0.3, -0.25) is 10.1 Å². The Kier molecular flexibility index (Phi) is 4.51. The molecular formula is C18H12ClFN4O2S. The van der Waals surface area contributed by atoms with Crippen molar-refractivity contribution in [2.24, 2.45) is 0 Å². The minimum atomic E-state index is -0.710. The summed E-state index contributed by atoms with van der Waals surface area (Å²) in [6, 6.07) is 11.6. The maximum absolute atomic E-state index is 13.9. The average molecular weight is 403 g/mol. The van der Waals surface area contributed by atoms with Gasteiger partial charge in [0.1, 0.15) is 11.6 Å². The van der Waals surface area contributed by atoms with Crippen LogP contribution in [0.1, 0.15) is 10.4 Å². The highest BCUT2D eigenvalue weighted by Gasteiger charge is 2.19. The Bertz CT molecular complexity index is 1140. The molecule has 0 spiro atoms. The van der Waals surface area contributed by atoms with Crippen LogP contribution in [0.2, 0.25) is 5.02 Å². The molecule has 2 heterocycles. The molecule has 0 fully saturated rings. The zero-order chi connectivity index (χ0) is 19.0. The van der Waals surface area contributed by atoms with Gasteiger partial charge in [-0.1, -0.05) is 29.8 Å². The molecule has 0 saturated heterocycles. The Balaban J connectivity index is 1.67. The van der Waals surface area contributed by atoms with E-state index in [4.69, 9.17) is 16.3 Å². The van der Waals surface area contributed by atoms with Crippen LogP contribution in [0, 0.1) is 5.82 Å². The number of benzene rings is 2. The van der Waals surface area contributed by atoms with Crippen molar-refractivity contribution in [3.8, 4) is 17.0 Å².